The van der Waals surface area contributed by atoms with Gasteiger partial charge in [-0.3, -0.25) is 24.3 Å². The molecule has 4 aromatic rings. The molecule has 1 aliphatic heterocycles. The Balaban J connectivity index is 1.48. The molecule has 1 atom stereocenters. The zero-order chi connectivity index (χ0) is 22.2. The third-order valence-corrected chi connectivity index (χ3v) is 5.17. The van der Waals surface area contributed by atoms with Gasteiger partial charge in [0.05, 0.1) is 34.7 Å². The summed E-state index contributed by atoms with van der Waals surface area (Å²) in [4.78, 5) is 40.6. The number of amides is 1. The number of nitrogens with zero attached hydrogens (tertiary/aromatic N) is 5. The second-order valence-electron chi connectivity index (χ2n) is 7.13. The first-order valence-corrected chi connectivity index (χ1v) is 9.61. The third-order valence-electron chi connectivity index (χ3n) is 5.17. The van der Waals surface area contributed by atoms with E-state index in [1.807, 2.05) is 0 Å². The fourth-order valence-electron chi connectivity index (χ4n) is 3.63. The van der Waals surface area contributed by atoms with Gasteiger partial charge in [0.15, 0.2) is 0 Å². The summed E-state index contributed by atoms with van der Waals surface area (Å²) in [7, 11) is 0. The summed E-state index contributed by atoms with van der Waals surface area (Å²) >= 11 is 0. The molecule has 0 saturated heterocycles. The van der Waals surface area contributed by atoms with Crippen LogP contribution in [0.4, 0.5) is 5.69 Å². The lowest BCUT2D eigenvalue weighted by atomic mass is 10.1. The molecule has 4 heterocycles. The van der Waals surface area contributed by atoms with Crippen LogP contribution in [-0.2, 0) is 11.3 Å². The van der Waals surface area contributed by atoms with E-state index in [2.05, 4.69) is 10.1 Å². The standard InChI is InChI=1S/C21H15N5O6/c27-20(11-24-12-22-15-6-5-13(26(29)30)9-14(15)21(24)28)25-17(19-4-2-8-32-19)10-16(23-25)18-3-1-7-31-18/h1-9,12,17H,10-11H2/t17-/m0/s1. The zero-order valence-electron chi connectivity index (χ0n) is 16.5. The van der Waals surface area contributed by atoms with Gasteiger partial charge in [-0.15, -0.1) is 0 Å². The summed E-state index contributed by atoms with van der Waals surface area (Å²) in [5.74, 6) is 0.610. The summed E-state index contributed by atoms with van der Waals surface area (Å²) in [6, 6.07) is 10.3. The smallest absolute Gasteiger partial charge is 0.270 e. The highest BCUT2D eigenvalue weighted by molar-refractivity contribution is 6.01. The molecule has 0 N–H and O–H groups in total. The van der Waals surface area contributed by atoms with Crippen molar-refractivity contribution in [3.05, 3.63) is 93.3 Å². The first-order chi connectivity index (χ1) is 15.5. The molecule has 11 heteroatoms. The molecule has 1 aromatic carbocycles. The van der Waals surface area contributed by atoms with E-state index in [0.717, 1.165) is 10.6 Å². The van der Waals surface area contributed by atoms with Gasteiger partial charge in [0.2, 0.25) is 0 Å². The van der Waals surface area contributed by atoms with Crippen molar-refractivity contribution in [2.45, 2.75) is 19.0 Å². The van der Waals surface area contributed by atoms with Gasteiger partial charge < -0.3 is 8.83 Å². The second kappa shape index (κ2) is 7.61. The highest BCUT2D eigenvalue weighted by Crippen LogP contribution is 2.33. The Morgan fingerprint density at radius 1 is 1.19 bits per heavy atom. The molecule has 0 spiro atoms. The SMILES string of the molecule is O=C(Cn1cnc2ccc([N+](=O)[O-])cc2c1=O)N1N=C(c2ccco2)C[C@H]1c1ccco1. The summed E-state index contributed by atoms with van der Waals surface area (Å²) in [6.45, 7) is -0.351. The topological polar surface area (TPSA) is 137 Å². The van der Waals surface area contributed by atoms with E-state index in [1.54, 1.807) is 24.3 Å². The summed E-state index contributed by atoms with van der Waals surface area (Å²) in [5, 5.41) is 16.8. The van der Waals surface area contributed by atoms with Gasteiger partial charge in [0.1, 0.15) is 29.8 Å². The van der Waals surface area contributed by atoms with Crippen LogP contribution in [0.15, 0.2) is 80.0 Å². The molecular weight excluding hydrogens is 418 g/mol. The lowest BCUT2D eigenvalue weighted by Crippen LogP contribution is -2.34. The van der Waals surface area contributed by atoms with Crippen LogP contribution in [0.5, 0.6) is 0 Å². The van der Waals surface area contributed by atoms with Gasteiger partial charge in [-0.2, -0.15) is 5.10 Å². The van der Waals surface area contributed by atoms with Gasteiger partial charge in [-0.05, 0) is 30.3 Å². The largest absolute Gasteiger partial charge is 0.467 e. The van der Waals surface area contributed by atoms with E-state index in [9.17, 15) is 19.7 Å². The molecule has 3 aromatic heterocycles. The first-order valence-electron chi connectivity index (χ1n) is 9.61. The first kappa shape index (κ1) is 19.4. The Hall–Kier alpha value is -4.54. The normalized spacial score (nSPS) is 15.8. The molecule has 0 aliphatic carbocycles. The summed E-state index contributed by atoms with van der Waals surface area (Å²) in [5.41, 5.74) is 0.0862. The van der Waals surface area contributed by atoms with Crippen molar-refractivity contribution in [2.75, 3.05) is 0 Å². The molecule has 1 amide bonds. The Morgan fingerprint density at radius 3 is 2.72 bits per heavy atom. The number of benzene rings is 1. The monoisotopic (exact) mass is 433 g/mol. The fourth-order valence-corrected chi connectivity index (χ4v) is 3.63. The van der Waals surface area contributed by atoms with Crippen LogP contribution >= 0.6 is 0 Å². The van der Waals surface area contributed by atoms with Crippen molar-refractivity contribution < 1.29 is 18.6 Å². The van der Waals surface area contributed by atoms with E-state index in [4.69, 9.17) is 8.83 Å². The minimum absolute atomic E-state index is 0.0540. The average Bonchev–Trinajstić information content (AvgIpc) is 3.55. The molecule has 0 fully saturated rings. The lowest BCUT2D eigenvalue weighted by Gasteiger charge is -2.20. The van der Waals surface area contributed by atoms with Crippen molar-refractivity contribution in [3.8, 4) is 0 Å². The lowest BCUT2D eigenvalue weighted by molar-refractivity contribution is -0.384. The number of rotatable bonds is 5. The number of aromatic nitrogens is 2. The van der Waals surface area contributed by atoms with Crippen molar-refractivity contribution in [1.82, 2.24) is 14.6 Å². The highest BCUT2D eigenvalue weighted by atomic mass is 16.6. The number of nitro groups is 1. The van der Waals surface area contributed by atoms with Crippen LogP contribution in [0.25, 0.3) is 10.9 Å². The Morgan fingerprint density at radius 2 is 2.00 bits per heavy atom. The second-order valence-corrected chi connectivity index (χ2v) is 7.13. The van der Waals surface area contributed by atoms with Crippen molar-refractivity contribution in [1.29, 1.82) is 0 Å². The zero-order valence-corrected chi connectivity index (χ0v) is 16.5. The number of fused-ring (bicyclic) bond motifs is 1. The number of carbonyl (C=O) groups excluding carboxylic acids is 1. The molecule has 1 aliphatic rings. The van der Waals surface area contributed by atoms with E-state index in [-0.39, 0.29) is 17.6 Å². The number of hydrazone groups is 1. The molecule has 5 rings (SSSR count). The van der Waals surface area contributed by atoms with Crippen molar-refractivity contribution in [3.63, 3.8) is 0 Å². The Kier molecular flexibility index (Phi) is 4.62. The average molecular weight is 433 g/mol. The predicted molar refractivity (Wildman–Crippen MR) is 111 cm³/mol. The maximum absolute atomic E-state index is 13.1. The number of carbonyl (C=O) groups is 1. The highest BCUT2D eigenvalue weighted by Gasteiger charge is 2.35. The summed E-state index contributed by atoms with van der Waals surface area (Å²) < 4.78 is 12.0. The minimum Gasteiger partial charge on any atom is -0.467 e. The van der Waals surface area contributed by atoms with E-state index in [1.165, 1.54) is 36.0 Å². The molecule has 32 heavy (non-hydrogen) atoms. The van der Waals surface area contributed by atoms with Gasteiger partial charge in [0, 0.05) is 18.6 Å². The number of non-ortho nitro benzene ring substituents is 1. The predicted octanol–water partition coefficient (Wildman–Crippen LogP) is 2.87. The minimum atomic E-state index is -0.593. The molecule has 0 saturated carbocycles. The van der Waals surface area contributed by atoms with Gasteiger partial charge in [-0.25, -0.2) is 9.99 Å². The van der Waals surface area contributed by atoms with Crippen LogP contribution < -0.4 is 5.56 Å². The maximum atomic E-state index is 13.1. The van der Waals surface area contributed by atoms with E-state index >= 15 is 0 Å². The number of furan rings is 2. The van der Waals surface area contributed by atoms with Crippen LogP contribution in [-0.4, -0.2) is 31.1 Å². The van der Waals surface area contributed by atoms with Crippen LogP contribution in [0.3, 0.4) is 0 Å². The Bertz CT molecular complexity index is 1400. The fraction of sp³-hybridized carbons (Fsp3) is 0.143. The van der Waals surface area contributed by atoms with Crippen LogP contribution in [0.1, 0.15) is 24.0 Å². The van der Waals surface area contributed by atoms with Crippen molar-refractivity contribution >= 4 is 28.2 Å². The Labute approximate surface area is 179 Å². The van der Waals surface area contributed by atoms with E-state index in [0.29, 0.717) is 29.2 Å². The molecular formula is C21H15N5O6. The van der Waals surface area contributed by atoms with Crippen molar-refractivity contribution in [2.24, 2.45) is 5.10 Å². The van der Waals surface area contributed by atoms with Crippen LogP contribution in [0.2, 0.25) is 0 Å². The molecule has 160 valence electrons. The molecule has 0 bridgehead atoms. The van der Waals surface area contributed by atoms with E-state index < -0.39 is 22.4 Å². The number of hydrogen-bond donors (Lipinski definition) is 0. The quantitative estimate of drug-likeness (QED) is 0.348. The summed E-state index contributed by atoms with van der Waals surface area (Å²) in [6.07, 6.45) is 4.64. The van der Waals surface area contributed by atoms with Gasteiger partial charge in [0.25, 0.3) is 17.2 Å². The number of nitro benzene ring substituents is 1. The third kappa shape index (κ3) is 3.35. The number of hydrogen-bond acceptors (Lipinski definition) is 8. The molecule has 0 radical (unpaired) electrons. The maximum Gasteiger partial charge on any atom is 0.270 e. The van der Waals surface area contributed by atoms with Crippen LogP contribution in [0, 0.1) is 10.1 Å². The van der Waals surface area contributed by atoms with Gasteiger partial charge >= 0.3 is 0 Å². The molecule has 0 unspecified atom stereocenters. The van der Waals surface area contributed by atoms with Gasteiger partial charge in [-0.1, -0.05) is 0 Å². The molecule has 11 nitrogen and oxygen atoms in total.